The second-order valence-corrected chi connectivity index (χ2v) is 3.11. The first-order valence-corrected chi connectivity index (χ1v) is 3.99. The van der Waals surface area contributed by atoms with Crippen LogP contribution in [0.1, 0.15) is 10.4 Å². The molecule has 0 radical (unpaired) electrons. The van der Waals surface area contributed by atoms with E-state index in [2.05, 4.69) is 0 Å². The number of aliphatic hydroxyl groups is 1. The van der Waals surface area contributed by atoms with Gasteiger partial charge in [0.15, 0.2) is 5.78 Å². The molecule has 0 bridgehead atoms. The van der Waals surface area contributed by atoms with Gasteiger partial charge in [-0.05, 0) is 18.2 Å². The van der Waals surface area contributed by atoms with Crippen LogP contribution in [0.5, 0.6) is 0 Å². The standard InChI is InChI=1S/C8H6Cl2O2/c9-6-1-5(8(12)4-11)2-7(10)3-6/h1-3,11H,4H2. The SMILES string of the molecule is O=C(CO)c1cc(Cl)cc(Cl)c1. The summed E-state index contributed by atoms with van der Waals surface area (Å²) in [5.74, 6) is -0.389. The quantitative estimate of drug-likeness (QED) is 0.751. The van der Waals surface area contributed by atoms with E-state index in [-0.39, 0.29) is 5.78 Å². The first-order valence-electron chi connectivity index (χ1n) is 3.23. The Bertz CT molecular complexity index is 290. The zero-order chi connectivity index (χ0) is 9.14. The lowest BCUT2D eigenvalue weighted by Crippen LogP contribution is -2.03. The predicted octanol–water partition coefficient (Wildman–Crippen LogP) is 2.17. The Kier molecular flexibility index (Phi) is 3.09. The van der Waals surface area contributed by atoms with Crippen molar-refractivity contribution in [3.05, 3.63) is 33.8 Å². The topological polar surface area (TPSA) is 37.3 Å². The molecule has 64 valence electrons. The van der Waals surface area contributed by atoms with Gasteiger partial charge in [0.25, 0.3) is 0 Å². The lowest BCUT2D eigenvalue weighted by atomic mass is 10.1. The molecule has 0 spiro atoms. The summed E-state index contributed by atoms with van der Waals surface area (Å²) in [6, 6.07) is 4.45. The molecule has 1 N–H and O–H groups in total. The van der Waals surface area contributed by atoms with Gasteiger partial charge in [0, 0.05) is 15.6 Å². The minimum atomic E-state index is -0.531. The van der Waals surface area contributed by atoms with Crippen molar-refractivity contribution in [2.24, 2.45) is 0 Å². The molecular formula is C8H6Cl2O2. The first-order chi connectivity index (χ1) is 5.63. The average Bonchev–Trinajstić information content (AvgIpc) is 2.01. The Balaban J connectivity index is 3.08. The number of ketones is 1. The van der Waals surface area contributed by atoms with Crippen molar-refractivity contribution in [1.82, 2.24) is 0 Å². The minimum absolute atomic E-state index is 0.329. The van der Waals surface area contributed by atoms with Gasteiger partial charge in [-0.3, -0.25) is 4.79 Å². The zero-order valence-electron chi connectivity index (χ0n) is 6.05. The van der Waals surface area contributed by atoms with Crippen LogP contribution in [0, 0.1) is 0 Å². The highest BCUT2D eigenvalue weighted by Crippen LogP contribution is 2.19. The van der Waals surface area contributed by atoms with Crippen molar-refractivity contribution in [1.29, 1.82) is 0 Å². The molecule has 0 unspecified atom stereocenters. The molecule has 0 amide bonds. The summed E-state index contributed by atoms with van der Waals surface area (Å²) in [4.78, 5) is 11.0. The third kappa shape index (κ3) is 2.21. The maximum absolute atomic E-state index is 11.0. The number of hydrogen-bond donors (Lipinski definition) is 1. The Morgan fingerprint density at radius 2 is 1.75 bits per heavy atom. The van der Waals surface area contributed by atoms with Gasteiger partial charge in [-0.15, -0.1) is 0 Å². The van der Waals surface area contributed by atoms with Crippen molar-refractivity contribution in [3.8, 4) is 0 Å². The van der Waals surface area contributed by atoms with Gasteiger partial charge in [-0.1, -0.05) is 23.2 Å². The molecule has 1 aromatic rings. The molecule has 0 saturated heterocycles. The number of rotatable bonds is 2. The molecule has 12 heavy (non-hydrogen) atoms. The van der Waals surface area contributed by atoms with E-state index in [9.17, 15) is 4.79 Å². The number of carbonyl (C=O) groups excluding carboxylic acids is 1. The Labute approximate surface area is 79.7 Å². The van der Waals surface area contributed by atoms with Gasteiger partial charge < -0.3 is 5.11 Å². The molecule has 0 saturated carbocycles. The molecule has 0 aliphatic rings. The maximum Gasteiger partial charge on any atom is 0.188 e. The summed E-state index contributed by atoms with van der Waals surface area (Å²) in [5.41, 5.74) is 0.329. The van der Waals surface area contributed by atoms with Crippen molar-refractivity contribution in [3.63, 3.8) is 0 Å². The Hall–Kier alpha value is -0.570. The molecule has 0 aromatic heterocycles. The molecule has 2 nitrogen and oxygen atoms in total. The van der Waals surface area contributed by atoms with Gasteiger partial charge in [-0.25, -0.2) is 0 Å². The lowest BCUT2D eigenvalue weighted by Gasteiger charge is -1.98. The van der Waals surface area contributed by atoms with Crippen molar-refractivity contribution < 1.29 is 9.90 Å². The smallest absolute Gasteiger partial charge is 0.188 e. The van der Waals surface area contributed by atoms with Crippen molar-refractivity contribution in [2.75, 3.05) is 6.61 Å². The summed E-state index contributed by atoms with van der Waals surface area (Å²) in [6.07, 6.45) is 0. The summed E-state index contributed by atoms with van der Waals surface area (Å²) >= 11 is 11.3. The molecule has 0 atom stereocenters. The van der Waals surface area contributed by atoms with Crippen LogP contribution in [-0.4, -0.2) is 17.5 Å². The average molecular weight is 205 g/mol. The van der Waals surface area contributed by atoms with E-state index in [1.807, 2.05) is 0 Å². The second-order valence-electron chi connectivity index (χ2n) is 2.24. The summed E-state index contributed by atoms with van der Waals surface area (Å²) in [7, 11) is 0. The lowest BCUT2D eigenvalue weighted by molar-refractivity contribution is 0.0904. The fourth-order valence-electron chi connectivity index (χ4n) is 0.806. The largest absolute Gasteiger partial charge is 0.388 e. The number of halogens is 2. The minimum Gasteiger partial charge on any atom is -0.388 e. The van der Waals surface area contributed by atoms with Crippen LogP contribution < -0.4 is 0 Å². The second kappa shape index (κ2) is 3.90. The number of Topliss-reactive ketones (excluding diaryl/α,β-unsaturated/α-hetero) is 1. The highest BCUT2D eigenvalue weighted by atomic mass is 35.5. The van der Waals surface area contributed by atoms with Gasteiger partial charge >= 0.3 is 0 Å². The van der Waals surface area contributed by atoms with Gasteiger partial charge in [0.05, 0.1) is 0 Å². The van der Waals surface area contributed by atoms with E-state index in [0.29, 0.717) is 15.6 Å². The summed E-state index contributed by atoms with van der Waals surface area (Å²) in [6.45, 7) is -0.531. The van der Waals surface area contributed by atoms with Crippen LogP contribution in [0.3, 0.4) is 0 Å². The van der Waals surface area contributed by atoms with E-state index in [0.717, 1.165) is 0 Å². The van der Waals surface area contributed by atoms with Gasteiger partial charge in [-0.2, -0.15) is 0 Å². The molecule has 1 aromatic carbocycles. The molecule has 0 aliphatic carbocycles. The third-order valence-corrected chi connectivity index (χ3v) is 1.76. The predicted molar refractivity (Wildman–Crippen MR) is 47.9 cm³/mol. The number of aliphatic hydroxyl groups excluding tert-OH is 1. The van der Waals surface area contributed by atoms with Crippen LogP contribution in [0.2, 0.25) is 10.0 Å². The van der Waals surface area contributed by atoms with E-state index >= 15 is 0 Å². The number of benzene rings is 1. The van der Waals surface area contributed by atoms with E-state index < -0.39 is 6.61 Å². The van der Waals surface area contributed by atoms with E-state index in [1.165, 1.54) is 18.2 Å². The van der Waals surface area contributed by atoms with Gasteiger partial charge in [0.2, 0.25) is 0 Å². The third-order valence-electron chi connectivity index (χ3n) is 1.33. The molecule has 1 rings (SSSR count). The Morgan fingerprint density at radius 3 is 2.17 bits per heavy atom. The van der Waals surface area contributed by atoms with Crippen molar-refractivity contribution >= 4 is 29.0 Å². The van der Waals surface area contributed by atoms with E-state index in [1.54, 1.807) is 0 Å². The fraction of sp³-hybridized carbons (Fsp3) is 0.125. The highest BCUT2D eigenvalue weighted by Gasteiger charge is 2.05. The summed E-state index contributed by atoms with van der Waals surface area (Å²) in [5, 5.41) is 9.31. The van der Waals surface area contributed by atoms with E-state index in [4.69, 9.17) is 28.3 Å². The number of hydrogen-bond acceptors (Lipinski definition) is 2. The number of carbonyl (C=O) groups is 1. The normalized spacial score (nSPS) is 9.92. The monoisotopic (exact) mass is 204 g/mol. The van der Waals surface area contributed by atoms with Gasteiger partial charge in [0.1, 0.15) is 6.61 Å². The zero-order valence-corrected chi connectivity index (χ0v) is 7.56. The molecule has 0 aliphatic heterocycles. The molecule has 0 heterocycles. The van der Waals surface area contributed by atoms with Crippen LogP contribution >= 0.6 is 23.2 Å². The van der Waals surface area contributed by atoms with Crippen LogP contribution in [-0.2, 0) is 0 Å². The fourth-order valence-corrected chi connectivity index (χ4v) is 1.33. The first kappa shape index (κ1) is 9.52. The summed E-state index contributed by atoms with van der Waals surface area (Å²) < 4.78 is 0. The molecular weight excluding hydrogens is 199 g/mol. The molecule has 0 fully saturated rings. The maximum atomic E-state index is 11.0. The molecule has 4 heteroatoms. The highest BCUT2D eigenvalue weighted by molar-refractivity contribution is 6.35. The van der Waals surface area contributed by atoms with Crippen LogP contribution in [0.25, 0.3) is 0 Å². The Morgan fingerprint density at radius 1 is 1.25 bits per heavy atom. The van der Waals surface area contributed by atoms with Crippen molar-refractivity contribution in [2.45, 2.75) is 0 Å². The van der Waals surface area contributed by atoms with Crippen LogP contribution in [0.4, 0.5) is 0 Å². The van der Waals surface area contributed by atoms with Crippen LogP contribution in [0.15, 0.2) is 18.2 Å².